The fourth-order valence-electron chi connectivity index (χ4n) is 2.61. The van der Waals surface area contributed by atoms with E-state index in [0.717, 1.165) is 5.56 Å². The van der Waals surface area contributed by atoms with E-state index in [-0.39, 0.29) is 37.0 Å². The van der Waals surface area contributed by atoms with Crippen LogP contribution in [0.5, 0.6) is 0 Å². The lowest BCUT2D eigenvalue weighted by Gasteiger charge is -2.36. The molecule has 1 saturated heterocycles. The van der Waals surface area contributed by atoms with Crippen LogP contribution < -0.4 is 10.0 Å². The number of carbonyl (C=O) groups is 1. The van der Waals surface area contributed by atoms with E-state index >= 15 is 0 Å². The summed E-state index contributed by atoms with van der Waals surface area (Å²) in [5.74, 6) is -0.407. The van der Waals surface area contributed by atoms with Crippen molar-refractivity contribution in [3.8, 4) is 0 Å². The molecule has 0 spiro atoms. The van der Waals surface area contributed by atoms with E-state index in [2.05, 4.69) is 15.0 Å². The molecule has 1 unspecified atom stereocenters. The summed E-state index contributed by atoms with van der Waals surface area (Å²) in [5.41, 5.74) is 0.927. The van der Waals surface area contributed by atoms with Gasteiger partial charge >= 0.3 is 0 Å². The third-order valence-electron chi connectivity index (χ3n) is 3.88. The third kappa shape index (κ3) is 6.35. The summed E-state index contributed by atoms with van der Waals surface area (Å²) in [6.07, 6.45) is 3.38. The number of sulfonamides is 1. The average molecular weight is 370 g/mol. The molecule has 8 nitrogen and oxygen atoms in total. The first-order valence-corrected chi connectivity index (χ1v) is 10.0. The highest BCUT2D eigenvalue weighted by molar-refractivity contribution is 7.89. The number of rotatable bonds is 8. The zero-order valence-corrected chi connectivity index (χ0v) is 15.5. The molecular formula is C16H26N4O4S. The Balaban J connectivity index is 1.92. The van der Waals surface area contributed by atoms with Gasteiger partial charge in [0, 0.05) is 32.0 Å². The molecule has 25 heavy (non-hydrogen) atoms. The van der Waals surface area contributed by atoms with E-state index < -0.39 is 10.0 Å². The van der Waals surface area contributed by atoms with Gasteiger partial charge in [0.05, 0.1) is 31.1 Å². The highest BCUT2D eigenvalue weighted by Crippen LogP contribution is 2.21. The Morgan fingerprint density at radius 1 is 1.52 bits per heavy atom. The number of nitrogens with one attached hydrogen (secondary N) is 2. The lowest BCUT2D eigenvalue weighted by atomic mass is 10.1. The van der Waals surface area contributed by atoms with Crippen LogP contribution in [0.25, 0.3) is 0 Å². The van der Waals surface area contributed by atoms with Crippen molar-refractivity contribution in [2.75, 3.05) is 38.5 Å². The van der Waals surface area contributed by atoms with Gasteiger partial charge in [0.2, 0.25) is 15.9 Å². The molecule has 0 radical (unpaired) electrons. The molecule has 1 aliphatic rings. The van der Waals surface area contributed by atoms with Crippen LogP contribution in [0.4, 0.5) is 0 Å². The highest BCUT2D eigenvalue weighted by Gasteiger charge is 2.28. The second-order valence-corrected chi connectivity index (χ2v) is 8.08. The molecule has 1 amide bonds. The summed E-state index contributed by atoms with van der Waals surface area (Å²) >= 11 is 0. The van der Waals surface area contributed by atoms with Crippen molar-refractivity contribution < 1.29 is 17.9 Å². The molecule has 9 heteroatoms. The number of hydrogen-bond acceptors (Lipinski definition) is 6. The average Bonchev–Trinajstić information content (AvgIpc) is 2.60. The number of ether oxygens (including phenoxy) is 1. The van der Waals surface area contributed by atoms with Crippen LogP contribution in [0.1, 0.15) is 25.5 Å². The van der Waals surface area contributed by atoms with Gasteiger partial charge in [-0.1, -0.05) is 6.07 Å². The van der Waals surface area contributed by atoms with Gasteiger partial charge in [-0.3, -0.25) is 9.78 Å². The Kier molecular flexibility index (Phi) is 7.30. The van der Waals surface area contributed by atoms with Gasteiger partial charge < -0.3 is 15.0 Å². The fourth-order valence-corrected chi connectivity index (χ4v) is 3.42. The number of nitrogens with zero attached hydrogens (tertiary/aromatic N) is 2. The molecule has 0 aliphatic carbocycles. The molecule has 1 aliphatic heterocycles. The van der Waals surface area contributed by atoms with Gasteiger partial charge in [-0.25, -0.2) is 13.1 Å². The number of amides is 1. The minimum atomic E-state index is -3.54. The summed E-state index contributed by atoms with van der Waals surface area (Å²) in [4.78, 5) is 18.3. The second-order valence-electron chi connectivity index (χ2n) is 6.15. The number of carbonyl (C=O) groups excluding carboxylic acids is 1. The van der Waals surface area contributed by atoms with E-state index in [4.69, 9.17) is 4.74 Å². The standard InChI is InChI=1S/C16H26N4O4S/c1-13(2)24-8-9-25(22,23)19-12-16(21)20-7-6-18-11-15(20)14-4-3-5-17-10-14/h3-5,10,13,15,18-19H,6-9,11-12H2,1-2H3. The maximum absolute atomic E-state index is 12.5. The van der Waals surface area contributed by atoms with Gasteiger partial charge in [-0.05, 0) is 25.5 Å². The van der Waals surface area contributed by atoms with Crippen molar-refractivity contribution in [3.63, 3.8) is 0 Å². The Hall–Kier alpha value is -1.55. The summed E-state index contributed by atoms with van der Waals surface area (Å²) in [6.45, 7) is 5.35. The molecule has 0 aromatic carbocycles. The van der Waals surface area contributed by atoms with Crippen molar-refractivity contribution in [2.24, 2.45) is 0 Å². The molecular weight excluding hydrogens is 344 g/mol. The number of piperazine rings is 1. The summed E-state index contributed by atoms with van der Waals surface area (Å²) in [6, 6.07) is 3.59. The van der Waals surface area contributed by atoms with Gasteiger partial charge in [0.25, 0.3) is 0 Å². The minimum Gasteiger partial charge on any atom is -0.378 e. The predicted molar refractivity (Wildman–Crippen MR) is 94.4 cm³/mol. The zero-order valence-electron chi connectivity index (χ0n) is 14.6. The number of hydrogen-bond donors (Lipinski definition) is 2. The van der Waals surface area contributed by atoms with E-state index in [1.165, 1.54) is 0 Å². The predicted octanol–water partition coefficient (Wildman–Crippen LogP) is -0.101. The van der Waals surface area contributed by atoms with Crippen LogP contribution in [-0.4, -0.2) is 68.9 Å². The van der Waals surface area contributed by atoms with Gasteiger partial charge in [-0.2, -0.15) is 0 Å². The van der Waals surface area contributed by atoms with Crippen LogP contribution in [0.15, 0.2) is 24.5 Å². The van der Waals surface area contributed by atoms with Gasteiger partial charge in [0.1, 0.15) is 0 Å². The normalized spacial score (nSPS) is 18.5. The first-order chi connectivity index (χ1) is 11.9. The van der Waals surface area contributed by atoms with Crippen LogP contribution >= 0.6 is 0 Å². The number of pyridine rings is 1. The van der Waals surface area contributed by atoms with E-state index in [1.54, 1.807) is 17.3 Å². The third-order valence-corrected chi connectivity index (χ3v) is 5.17. The Morgan fingerprint density at radius 3 is 3.00 bits per heavy atom. The molecule has 2 heterocycles. The van der Waals surface area contributed by atoms with Crippen molar-refractivity contribution in [1.29, 1.82) is 0 Å². The molecule has 1 fully saturated rings. The van der Waals surface area contributed by atoms with Crippen molar-refractivity contribution in [2.45, 2.75) is 26.0 Å². The SMILES string of the molecule is CC(C)OCCS(=O)(=O)NCC(=O)N1CCNCC1c1cccnc1. The quantitative estimate of drug-likeness (QED) is 0.663. The molecule has 2 rings (SSSR count). The Labute approximate surface area is 149 Å². The van der Waals surface area contributed by atoms with Crippen molar-refractivity contribution in [3.05, 3.63) is 30.1 Å². The van der Waals surface area contributed by atoms with Crippen molar-refractivity contribution >= 4 is 15.9 Å². The Morgan fingerprint density at radius 2 is 2.32 bits per heavy atom. The van der Waals surface area contributed by atoms with Crippen molar-refractivity contribution in [1.82, 2.24) is 19.9 Å². The van der Waals surface area contributed by atoms with E-state index in [0.29, 0.717) is 19.6 Å². The molecule has 1 atom stereocenters. The maximum Gasteiger partial charge on any atom is 0.238 e. The molecule has 0 bridgehead atoms. The van der Waals surface area contributed by atoms with Crippen LogP contribution in [0.3, 0.4) is 0 Å². The second kappa shape index (κ2) is 9.23. The zero-order chi connectivity index (χ0) is 18.3. The molecule has 0 saturated carbocycles. The minimum absolute atomic E-state index is 0.0297. The lowest BCUT2D eigenvalue weighted by molar-refractivity contribution is -0.133. The van der Waals surface area contributed by atoms with Crippen LogP contribution in [-0.2, 0) is 19.6 Å². The molecule has 1 aromatic rings. The summed E-state index contributed by atoms with van der Waals surface area (Å²) < 4.78 is 31.5. The summed E-state index contributed by atoms with van der Waals surface area (Å²) in [5, 5.41) is 3.25. The van der Waals surface area contributed by atoms with E-state index in [9.17, 15) is 13.2 Å². The highest BCUT2D eigenvalue weighted by atomic mass is 32.2. The number of aromatic nitrogens is 1. The lowest BCUT2D eigenvalue weighted by Crippen LogP contribution is -2.51. The Bertz CT molecular complexity index is 651. The fraction of sp³-hybridized carbons (Fsp3) is 0.625. The largest absolute Gasteiger partial charge is 0.378 e. The molecule has 2 N–H and O–H groups in total. The van der Waals surface area contributed by atoms with Gasteiger partial charge in [0.15, 0.2) is 0 Å². The smallest absolute Gasteiger partial charge is 0.238 e. The van der Waals surface area contributed by atoms with Crippen LogP contribution in [0, 0.1) is 0 Å². The van der Waals surface area contributed by atoms with Gasteiger partial charge in [-0.15, -0.1) is 0 Å². The maximum atomic E-state index is 12.5. The topological polar surface area (TPSA) is 101 Å². The molecule has 1 aromatic heterocycles. The summed E-state index contributed by atoms with van der Waals surface area (Å²) in [7, 11) is -3.54. The van der Waals surface area contributed by atoms with Crippen LogP contribution in [0.2, 0.25) is 0 Å². The molecule has 140 valence electrons. The monoisotopic (exact) mass is 370 g/mol. The van der Waals surface area contributed by atoms with E-state index in [1.807, 2.05) is 26.0 Å². The first-order valence-electron chi connectivity index (χ1n) is 8.38. The first kappa shape index (κ1) is 19.8.